The molecule has 0 radical (unpaired) electrons. The molecule has 24 heavy (non-hydrogen) atoms. The Balaban J connectivity index is 2.02. The predicted molar refractivity (Wildman–Crippen MR) is 85.1 cm³/mol. The van der Waals surface area contributed by atoms with Crippen LogP contribution in [-0.4, -0.2) is 51.9 Å². The first-order valence-electron chi connectivity index (χ1n) is 8.47. The van der Waals surface area contributed by atoms with Gasteiger partial charge in [0, 0.05) is 0 Å². The molecule has 2 fully saturated rings. The molecule has 0 bridgehead atoms. The molecule has 1 saturated carbocycles. The minimum absolute atomic E-state index is 0.251. The second kappa shape index (κ2) is 7.19. The van der Waals surface area contributed by atoms with Crippen molar-refractivity contribution in [1.82, 2.24) is 15.5 Å². The van der Waals surface area contributed by atoms with E-state index in [1.54, 1.807) is 6.92 Å². The van der Waals surface area contributed by atoms with E-state index >= 15 is 0 Å². The van der Waals surface area contributed by atoms with Crippen LogP contribution in [-0.2, 0) is 14.4 Å². The number of nitrogens with one attached hydrogen (secondary N) is 2. The summed E-state index contributed by atoms with van der Waals surface area (Å²) < 4.78 is 0. The zero-order chi connectivity index (χ0) is 17.9. The van der Waals surface area contributed by atoms with E-state index in [4.69, 9.17) is 0 Å². The predicted octanol–water partition coefficient (Wildman–Crippen LogP) is 0.857. The van der Waals surface area contributed by atoms with Crippen LogP contribution in [0.4, 0.5) is 4.79 Å². The summed E-state index contributed by atoms with van der Waals surface area (Å²) in [6, 6.07) is -1.61. The Labute approximate surface area is 141 Å². The maximum atomic E-state index is 12.6. The third-order valence-electron chi connectivity index (χ3n) is 5.05. The lowest BCUT2D eigenvalue weighted by atomic mass is 9.82. The Morgan fingerprint density at radius 2 is 1.92 bits per heavy atom. The van der Waals surface area contributed by atoms with E-state index in [1.807, 2.05) is 6.92 Å². The number of aliphatic carboxylic acids is 1. The summed E-state index contributed by atoms with van der Waals surface area (Å²) in [5, 5.41) is 14.4. The second-order valence-corrected chi connectivity index (χ2v) is 6.73. The molecule has 0 aromatic carbocycles. The normalized spacial score (nSPS) is 22.2. The van der Waals surface area contributed by atoms with Gasteiger partial charge in [0.05, 0.1) is 0 Å². The number of rotatable bonds is 6. The summed E-state index contributed by atoms with van der Waals surface area (Å²) in [7, 11) is 0. The average Bonchev–Trinajstić information content (AvgIpc) is 2.76. The number of carbonyl (C=O) groups is 4. The van der Waals surface area contributed by atoms with Crippen LogP contribution in [0, 0.1) is 5.92 Å². The number of hydrogen-bond acceptors (Lipinski definition) is 4. The van der Waals surface area contributed by atoms with Crippen molar-refractivity contribution in [1.29, 1.82) is 0 Å². The Morgan fingerprint density at radius 1 is 1.29 bits per heavy atom. The van der Waals surface area contributed by atoms with E-state index in [9.17, 15) is 24.3 Å². The van der Waals surface area contributed by atoms with Crippen LogP contribution >= 0.6 is 0 Å². The van der Waals surface area contributed by atoms with E-state index in [-0.39, 0.29) is 11.8 Å². The van der Waals surface area contributed by atoms with Crippen molar-refractivity contribution < 1.29 is 24.3 Å². The minimum atomic E-state index is -1.13. The zero-order valence-corrected chi connectivity index (χ0v) is 14.1. The Hall–Kier alpha value is -2.12. The summed E-state index contributed by atoms with van der Waals surface area (Å²) in [5.41, 5.74) is -0.876. The number of hydrogen-bond donors (Lipinski definition) is 3. The largest absolute Gasteiger partial charge is 0.480 e. The van der Waals surface area contributed by atoms with Crippen molar-refractivity contribution in [2.45, 2.75) is 64.0 Å². The number of urea groups is 1. The Morgan fingerprint density at radius 3 is 2.46 bits per heavy atom. The highest BCUT2D eigenvalue weighted by molar-refractivity contribution is 6.09. The van der Waals surface area contributed by atoms with Crippen molar-refractivity contribution in [3.05, 3.63) is 0 Å². The molecule has 1 spiro atoms. The maximum absolute atomic E-state index is 12.6. The highest BCUT2D eigenvalue weighted by Crippen LogP contribution is 2.33. The van der Waals surface area contributed by atoms with Gasteiger partial charge < -0.3 is 15.7 Å². The lowest BCUT2D eigenvalue weighted by molar-refractivity contribution is -0.143. The molecule has 0 unspecified atom stereocenters. The molecular formula is C16H25N3O5. The molecule has 1 heterocycles. The van der Waals surface area contributed by atoms with Crippen LogP contribution in [0.3, 0.4) is 0 Å². The Bertz CT molecular complexity index is 542. The maximum Gasteiger partial charge on any atom is 0.326 e. The van der Waals surface area contributed by atoms with Gasteiger partial charge in [-0.05, 0) is 18.8 Å². The molecule has 2 aliphatic rings. The van der Waals surface area contributed by atoms with Gasteiger partial charge >= 0.3 is 12.0 Å². The number of nitrogens with zero attached hydrogens (tertiary/aromatic N) is 1. The molecule has 1 aliphatic carbocycles. The van der Waals surface area contributed by atoms with Gasteiger partial charge in [0.15, 0.2) is 0 Å². The highest BCUT2D eigenvalue weighted by atomic mass is 16.4. The lowest BCUT2D eigenvalue weighted by Gasteiger charge is -2.30. The molecule has 4 amide bonds. The topological polar surface area (TPSA) is 116 Å². The first-order chi connectivity index (χ1) is 11.3. The van der Waals surface area contributed by atoms with Gasteiger partial charge in [0.2, 0.25) is 5.91 Å². The fraction of sp³-hybridized carbons (Fsp3) is 0.750. The molecule has 0 aromatic rings. The van der Waals surface area contributed by atoms with Crippen LogP contribution < -0.4 is 10.6 Å². The molecular weight excluding hydrogens is 314 g/mol. The van der Waals surface area contributed by atoms with Gasteiger partial charge in [0.1, 0.15) is 18.1 Å². The van der Waals surface area contributed by atoms with Crippen LogP contribution in [0.2, 0.25) is 0 Å². The van der Waals surface area contributed by atoms with Crippen LogP contribution in [0.1, 0.15) is 52.4 Å². The molecule has 1 aliphatic heterocycles. The smallest absolute Gasteiger partial charge is 0.326 e. The molecule has 0 aromatic heterocycles. The zero-order valence-electron chi connectivity index (χ0n) is 14.1. The van der Waals surface area contributed by atoms with Gasteiger partial charge in [-0.25, -0.2) is 9.59 Å². The standard InChI is InChI=1S/C16H25N3O5/c1-3-10(2)12(13(21)22)17-11(20)9-19-14(23)16(18-15(19)24)7-5-4-6-8-16/h10,12H,3-9H2,1-2H3,(H,17,20)(H,18,24)(H,21,22)/t10-,12-/m0/s1. The van der Waals surface area contributed by atoms with Crippen molar-refractivity contribution in [3.63, 3.8) is 0 Å². The van der Waals surface area contributed by atoms with Gasteiger partial charge in [-0.15, -0.1) is 0 Å². The van der Waals surface area contributed by atoms with E-state index in [1.165, 1.54) is 0 Å². The third kappa shape index (κ3) is 3.52. The van der Waals surface area contributed by atoms with Gasteiger partial charge in [-0.2, -0.15) is 0 Å². The lowest BCUT2D eigenvalue weighted by Crippen LogP contribution is -2.51. The van der Waals surface area contributed by atoms with Gasteiger partial charge in [-0.3, -0.25) is 14.5 Å². The fourth-order valence-electron chi connectivity index (χ4n) is 3.36. The molecule has 1 saturated heterocycles. The van der Waals surface area contributed by atoms with Crippen LogP contribution in [0.15, 0.2) is 0 Å². The molecule has 3 N–H and O–H groups in total. The number of carboxylic acids is 1. The van der Waals surface area contributed by atoms with Crippen molar-refractivity contribution in [3.8, 4) is 0 Å². The first-order valence-corrected chi connectivity index (χ1v) is 8.47. The molecule has 8 nitrogen and oxygen atoms in total. The highest BCUT2D eigenvalue weighted by Gasteiger charge is 2.51. The third-order valence-corrected chi connectivity index (χ3v) is 5.05. The van der Waals surface area contributed by atoms with Gasteiger partial charge in [-0.1, -0.05) is 39.5 Å². The quantitative estimate of drug-likeness (QED) is 0.621. The summed E-state index contributed by atoms with van der Waals surface area (Å²) in [6.45, 7) is 3.10. The Kier molecular flexibility index (Phi) is 5.46. The second-order valence-electron chi connectivity index (χ2n) is 6.73. The summed E-state index contributed by atoms with van der Waals surface area (Å²) >= 11 is 0. The SMILES string of the molecule is CC[C@H](C)[C@H](NC(=O)CN1C(=O)NC2(CCCCC2)C1=O)C(=O)O. The van der Waals surface area contributed by atoms with E-state index in [0.717, 1.165) is 24.2 Å². The monoisotopic (exact) mass is 339 g/mol. The molecule has 8 heteroatoms. The number of carbonyl (C=O) groups excluding carboxylic acids is 3. The number of imide groups is 1. The molecule has 2 atom stereocenters. The first kappa shape index (κ1) is 18.2. The number of carboxylic acid groups (broad SMARTS) is 1. The summed E-state index contributed by atoms with van der Waals surface area (Å²) in [6.07, 6.45) is 4.51. The molecule has 134 valence electrons. The van der Waals surface area contributed by atoms with E-state index in [0.29, 0.717) is 19.3 Å². The average molecular weight is 339 g/mol. The van der Waals surface area contributed by atoms with Crippen molar-refractivity contribution in [2.75, 3.05) is 6.54 Å². The summed E-state index contributed by atoms with van der Waals surface area (Å²) in [4.78, 5) is 49.0. The van der Waals surface area contributed by atoms with E-state index < -0.39 is 36.0 Å². The summed E-state index contributed by atoms with van der Waals surface area (Å²) in [5.74, 6) is -2.39. The molecule has 2 rings (SSSR count). The minimum Gasteiger partial charge on any atom is -0.480 e. The number of amides is 4. The van der Waals surface area contributed by atoms with E-state index in [2.05, 4.69) is 10.6 Å². The fourth-order valence-corrected chi connectivity index (χ4v) is 3.36. The van der Waals surface area contributed by atoms with Crippen LogP contribution in [0.5, 0.6) is 0 Å². The van der Waals surface area contributed by atoms with Gasteiger partial charge in [0.25, 0.3) is 5.91 Å². The van der Waals surface area contributed by atoms with Crippen molar-refractivity contribution >= 4 is 23.8 Å². The van der Waals surface area contributed by atoms with Crippen LogP contribution in [0.25, 0.3) is 0 Å². The van der Waals surface area contributed by atoms with Crippen molar-refractivity contribution in [2.24, 2.45) is 5.92 Å².